The normalized spacial score (nSPS) is 23.7. The third kappa shape index (κ3) is 3.80. The van der Waals surface area contributed by atoms with Crippen LogP contribution in [0.2, 0.25) is 0 Å². The average molecular weight is 291 g/mol. The molecule has 6 heteroatoms. The van der Waals surface area contributed by atoms with Crippen LogP contribution < -0.4 is 11.1 Å². The van der Waals surface area contributed by atoms with Crippen LogP contribution in [0.5, 0.6) is 0 Å². The number of carboxylic acid groups (broad SMARTS) is 1. The number of hydrogen-bond acceptors (Lipinski definition) is 4. The van der Waals surface area contributed by atoms with Gasteiger partial charge in [-0.2, -0.15) is 0 Å². The highest BCUT2D eigenvalue weighted by atomic mass is 16.4. The monoisotopic (exact) mass is 291 g/mol. The van der Waals surface area contributed by atoms with Gasteiger partial charge < -0.3 is 16.2 Å². The first-order chi connectivity index (χ1) is 9.90. The Morgan fingerprint density at radius 3 is 2.67 bits per heavy atom. The average Bonchev–Trinajstić information content (AvgIpc) is 2.82. The van der Waals surface area contributed by atoms with Crippen LogP contribution in [-0.2, 0) is 9.59 Å². The Hall–Kier alpha value is -1.92. The van der Waals surface area contributed by atoms with Crippen LogP contribution in [0, 0.1) is 0 Å². The lowest BCUT2D eigenvalue weighted by molar-refractivity contribution is -0.143. The fraction of sp³-hybridized carbons (Fsp3) is 0.467. The second-order valence-corrected chi connectivity index (χ2v) is 5.62. The number of hydrogen-bond donors (Lipinski definition) is 3. The number of carbonyl (C=O) groups excluding carboxylic acids is 1. The van der Waals surface area contributed by atoms with Crippen LogP contribution in [0.3, 0.4) is 0 Å². The van der Waals surface area contributed by atoms with Crippen molar-refractivity contribution in [2.75, 3.05) is 19.6 Å². The molecule has 0 aromatic heterocycles. The smallest absolute Gasteiger partial charge is 0.325 e. The summed E-state index contributed by atoms with van der Waals surface area (Å²) in [7, 11) is 0. The molecule has 114 valence electrons. The van der Waals surface area contributed by atoms with Crippen molar-refractivity contribution >= 4 is 11.9 Å². The number of nitrogens with one attached hydrogen (secondary N) is 1. The minimum absolute atomic E-state index is 0.0802. The van der Waals surface area contributed by atoms with Crippen molar-refractivity contribution in [1.29, 1.82) is 0 Å². The topological polar surface area (TPSA) is 95.7 Å². The number of amides is 1. The molecule has 1 aliphatic rings. The zero-order chi connectivity index (χ0) is 15.5. The van der Waals surface area contributed by atoms with Crippen LogP contribution >= 0.6 is 0 Å². The standard InChI is InChI=1S/C15H21N3O3/c1-11(12-5-3-2-4-6-12)17-13(19)9-18-8-7-15(16,10-18)14(20)21/h2-6,11H,7-10,16H2,1H3,(H,17,19)(H,20,21). The van der Waals surface area contributed by atoms with Gasteiger partial charge >= 0.3 is 5.97 Å². The van der Waals surface area contributed by atoms with Gasteiger partial charge in [-0.05, 0) is 18.9 Å². The number of rotatable bonds is 5. The molecule has 1 aliphatic heterocycles. The third-order valence-electron chi connectivity index (χ3n) is 3.85. The van der Waals surface area contributed by atoms with Crippen LogP contribution in [0.4, 0.5) is 0 Å². The fourth-order valence-electron chi connectivity index (χ4n) is 2.54. The van der Waals surface area contributed by atoms with Gasteiger partial charge in [-0.25, -0.2) is 0 Å². The molecular weight excluding hydrogens is 270 g/mol. The summed E-state index contributed by atoms with van der Waals surface area (Å²) in [5, 5.41) is 12.0. The minimum Gasteiger partial charge on any atom is -0.480 e. The number of nitrogens with two attached hydrogens (primary N) is 1. The van der Waals surface area contributed by atoms with E-state index in [1.807, 2.05) is 37.3 Å². The van der Waals surface area contributed by atoms with E-state index in [0.717, 1.165) is 5.56 Å². The Balaban J connectivity index is 1.85. The lowest BCUT2D eigenvalue weighted by Gasteiger charge is -2.21. The molecule has 0 aliphatic carbocycles. The molecule has 0 bridgehead atoms. The molecule has 6 nitrogen and oxygen atoms in total. The van der Waals surface area contributed by atoms with Crippen LogP contribution in [0.1, 0.15) is 24.9 Å². The molecule has 4 N–H and O–H groups in total. The number of aliphatic carboxylic acids is 1. The summed E-state index contributed by atoms with van der Waals surface area (Å²) < 4.78 is 0. The number of carbonyl (C=O) groups is 2. The van der Waals surface area contributed by atoms with Crippen LogP contribution in [-0.4, -0.2) is 47.1 Å². The van der Waals surface area contributed by atoms with Crippen molar-refractivity contribution in [1.82, 2.24) is 10.2 Å². The van der Waals surface area contributed by atoms with E-state index in [-0.39, 0.29) is 25.0 Å². The van der Waals surface area contributed by atoms with Crippen molar-refractivity contribution in [3.63, 3.8) is 0 Å². The van der Waals surface area contributed by atoms with Crippen molar-refractivity contribution < 1.29 is 14.7 Å². The number of likely N-dealkylation sites (tertiary alicyclic amines) is 1. The second kappa shape index (κ2) is 6.24. The first-order valence-electron chi connectivity index (χ1n) is 7.00. The van der Waals surface area contributed by atoms with Gasteiger partial charge in [-0.1, -0.05) is 30.3 Å². The van der Waals surface area contributed by atoms with Crippen LogP contribution in [0.25, 0.3) is 0 Å². The Labute approximate surface area is 123 Å². The Morgan fingerprint density at radius 1 is 1.43 bits per heavy atom. The summed E-state index contributed by atoms with van der Waals surface area (Å²) in [6.07, 6.45) is 0.365. The molecule has 21 heavy (non-hydrogen) atoms. The number of carboxylic acids is 1. The van der Waals surface area contributed by atoms with Gasteiger partial charge in [0, 0.05) is 13.1 Å². The van der Waals surface area contributed by atoms with E-state index in [0.29, 0.717) is 13.0 Å². The largest absolute Gasteiger partial charge is 0.480 e. The molecule has 2 rings (SSSR count). The van der Waals surface area contributed by atoms with Crippen LogP contribution in [0.15, 0.2) is 30.3 Å². The molecule has 0 saturated carbocycles. The maximum atomic E-state index is 12.0. The van der Waals surface area contributed by atoms with Crippen molar-refractivity contribution in [3.8, 4) is 0 Å². The summed E-state index contributed by atoms with van der Waals surface area (Å²) in [4.78, 5) is 24.9. The third-order valence-corrected chi connectivity index (χ3v) is 3.85. The first-order valence-corrected chi connectivity index (χ1v) is 7.00. The molecule has 0 radical (unpaired) electrons. The number of nitrogens with zero attached hydrogens (tertiary/aromatic N) is 1. The summed E-state index contributed by atoms with van der Waals surface area (Å²) in [5.74, 6) is -1.14. The quantitative estimate of drug-likeness (QED) is 0.727. The Bertz CT molecular complexity index is 520. The van der Waals surface area contributed by atoms with E-state index < -0.39 is 11.5 Å². The van der Waals surface area contributed by atoms with Crippen molar-refractivity contribution in [2.45, 2.75) is 24.9 Å². The van der Waals surface area contributed by atoms with Crippen molar-refractivity contribution in [3.05, 3.63) is 35.9 Å². The fourth-order valence-corrected chi connectivity index (χ4v) is 2.54. The highest BCUT2D eigenvalue weighted by Crippen LogP contribution is 2.18. The predicted molar refractivity (Wildman–Crippen MR) is 78.6 cm³/mol. The Kier molecular flexibility index (Phi) is 4.59. The zero-order valence-electron chi connectivity index (χ0n) is 12.1. The molecule has 1 heterocycles. The first kappa shape index (κ1) is 15.5. The van der Waals surface area contributed by atoms with Gasteiger partial charge in [-0.3, -0.25) is 14.5 Å². The minimum atomic E-state index is -1.23. The summed E-state index contributed by atoms with van der Waals surface area (Å²) in [5.41, 5.74) is 5.59. The van der Waals surface area contributed by atoms with E-state index in [9.17, 15) is 9.59 Å². The summed E-state index contributed by atoms with van der Waals surface area (Å²) in [6.45, 7) is 2.82. The lowest BCUT2D eigenvalue weighted by atomic mass is 10.0. The number of benzene rings is 1. The van der Waals surface area contributed by atoms with Gasteiger partial charge in [0.25, 0.3) is 0 Å². The van der Waals surface area contributed by atoms with Gasteiger partial charge in [-0.15, -0.1) is 0 Å². The molecular formula is C15H21N3O3. The maximum Gasteiger partial charge on any atom is 0.325 e. The van der Waals surface area contributed by atoms with Gasteiger partial charge in [0.05, 0.1) is 12.6 Å². The highest BCUT2D eigenvalue weighted by molar-refractivity contribution is 5.81. The Morgan fingerprint density at radius 2 is 2.10 bits per heavy atom. The molecule has 2 unspecified atom stereocenters. The molecule has 2 atom stereocenters. The van der Waals surface area contributed by atoms with E-state index in [4.69, 9.17) is 10.8 Å². The highest BCUT2D eigenvalue weighted by Gasteiger charge is 2.41. The predicted octanol–water partition coefficient (Wildman–Crippen LogP) is 0.352. The molecule has 1 aromatic rings. The van der Waals surface area contributed by atoms with E-state index in [2.05, 4.69) is 5.32 Å². The molecule has 1 aromatic carbocycles. The van der Waals surface area contributed by atoms with Crippen molar-refractivity contribution in [2.24, 2.45) is 5.73 Å². The molecule has 0 spiro atoms. The van der Waals surface area contributed by atoms with Gasteiger partial charge in [0.2, 0.25) is 5.91 Å². The lowest BCUT2D eigenvalue weighted by Crippen LogP contribution is -2.50. The SMILES string of the molecule is CC(NC(=O)CN1CCC(N)(C(=O)O)C1)c1ccccc1. The van der Waals surface area contributed by atoms with E-state index in [1.54, 1.807) is 4.90 Å². The molecule has 1 saturated heterocycles. The molecule has 1 amide bonds. The zero-order valence-corrected chi connectivity index (χ0v) is 12.1. The summed E-state index contributed by atoms with van der Waals surface area (Å²) >= 11 is 0. The maximum absolute atomic E-state index is 12.0. The van der Waals surface area contributed by atoms with E-state index >= 15 is 0 Å². The summed E-state index contributed by atoms with van der Waals surface area (Å²) in [6, 6.07) is 9.60. The van der Waals surface area contributed by atoms with E-state index in [1.165, 1.54) is 0 Å². The van der Waals surface area contributed by atoms with Gasteiger partial charge in [0.15, 0.2) is 0 Å². The molecule has 1 fully saturated rings. The second-order valence-electron chi connectivity index (χ2n) is 5.62. The van der Waals surface area contributed by atoms with Gasteiger partial charge in [0.1, 0.15) is 5.54 Å².